The first-order valence-electron chi connectivity index (χ1n) is 6.07. The molecule has 3 aromatic rings. The first-order valence-corrected chi connectivity index (χ1v) is 6.44. The van der Waals surface area contributed by atoms with Gasteiger partial charge in [-0.3, -0.25) is 0 Å². The number of oxazole rings is 1. The minimum Gasteiger partial charge on any atom is -0.438 e. The van der Waals surface area contributed by atoms with E-state index >= 15 is 0 Å². The van der Waals surface area contributed by atoms with Crippen LogP contribution in [0, 0.1) is 6.92 Å². The van der Waals surface area contributed by atoms with E-state index in [1.165, 1.54) is 0 Å². The minimum absolute atomic E-state index is 0.551. The van der Waals surface area contributed by atoms with Crippen LogP contribution in [0.4, 0.5) is 5.69 Å². The number of fused-ring (bicyclic) bond motifs is 1. The lowest BCUT2D eigenvalue weighted by molar-refractivity contribution is 0.539. The third-order valence-electron chi connectivity index (χ3n) is 2.90. The van der Waals surface area contributed by atoms with E-state index in [0.717, 1.165) is 22.4 Å². The summed E-state index contributed by atoms with van der Waals surface area (Å²) in [6.45, 7) is 2.52. The molecule has 0 spiro atoms. The molecule has 0 aliphatic rings. The highest BCUT2D eigenvalue weighted by molar-refractivity contribution is 6.31. The fraction of sp³-hybridized carbons (Fsp3) is 0.133. The van der Waals surface area contributed by atoms with E-state index in [1.807, 2.05) is 49.4 Å². The smallest absolute Gasteiger partial charge is 0.214 e. The Hall–Kier alpha value is -2.00. The van der Waals surface area contributed by atoms with E-state index in [0.29, 0.717) is 17.5 Å². The zero-order valence-corrected chi connectivity index (χ0v) is 11.2. The van der Waals surface area contributed by atoms with Gasteiger partial charge in [0.05, 0.1) is 6.54 Å². The highest BCUT2D eigenvalue weighted by Gasteiger charge is 2.09. The maximum absolute atomic E-state index is 6.01. The van der Waals surface area contributed by atoms with Crippen molar-refractivity contribution in [2.75, 3.05) is 5.32 Å². The Kier molecular flexibility index (Phi) is 3.13. The zero-order chi connectivity index (χ0) is 13.2. The number of aromatic nitrogens is 1. The molecule has 1 N–H and O–H groups in total. The molecular weight excluding hydrogens is 260 g/mol. The van der Waals surface area contributed by atoms with Gasteiger partial charge in [-0.1, -0.05) is 29.8 Å². The SMILES string of the molecule is Cc1cc(Cl)cc2nc(CNc3ccccc3)oc12. The van der Waals surface area contributed by atoms with Crippen molar-refractivity contribution in [2.24, 2.45) is 0 Å². The number of para-hydroxylation sites is 1. The van der Waals surface area contributed by atoms with Crippen LogP contribution in [0.15, 0.2) is 46.9 Å². The number of benzene rings is 2. The molecule has 1 heterocycles. The van der Waals surface area contributed by atoms with Gasteiger partial charge in [-0.05, 0) is 36.8 Å². The van der Waals surface area contributed by atoms with Crippen LogP contribution in [0.1, 0.15) is 11.5 Å². The third-order valence-corrected chi connectivity index (χ3v) is 3.12. The van der Waals surface area contributed by atoms with Crippen LogP contribution in [0.3, 0.4) is 0 Å². The molecule has 0 saturated heterocycles. The van der Waals surface area contributed by atoms with Crippen molar-refractivity contribution in [3.05, 3.63) is 58.9 Å². The number of hydrogen-bond donors (Lipinski definition) is 1. The number of nitrogens with one attached hydrogen (secondary N) is 1. The van der Waals surface area contributed by atoms with Crippen molar-refractivity contribution in [1.29, 1.82) is 0 Å². The second-order valence-corrected chi connectivity index (χ2v) is 4.83. The van der Waals surface area contributed by atoms with Crippen LogP contribution in [-0.2, 0) is 6.54 Å². The molecule has 4 heteroatoms. The number of rotatable bonds is 3. The monoisotopic (exact) mass is 272 g/mol. The van der Waals surface area contributed by atoms with E-state index in [-0.39, 0.29) is 0 Å². The molecule has 0 bridgehead atoms. The molecule has 0 aliphatic carbocycles. The van der Waals surface area contributed by atoms with Gasteiger partial charge in [0.25, 0.3) is 0 Å². The molecule has 0 saturated carbocycles. The van der Waals surface area contributed by atoms with Crippen molar-refractivity contribution < 1.29 is 4.42 Å². The van der Waals surface area contributed by atoms with E-state index in [1.54, 1.807) is 0 Å². The molecule has 1 aromatic heterocycles. The van der Waals surface area contributed by atoms with E-state index in [9.17, 15) is 0 Å². The summed E-state index contributed by atoms with van der Waals surface area (Å²) in [6, 6.07) is 13.7. The molecule has 0 radical (unpaired) electrons. The van der Waals surface area contributed by atoms with Gasteiger partial charge in [0.2, 0.25) is 5.89 Å². The van der Waals surface area contributed by atoms with E-state index in [4.69, 9.17) is 16.0 Å². The molecule has 3 nitrogen and oxygen atoms in total. The van der Waals surface area contributed by atoms with E-state index in [2.05, 4.69) is 10.3 Å². The molecule has 19 heavy (non-hydrogen) atoms. The Morgan fingerprint density at radius 2 is 2.00 bits per heavy atom. The standard InChI is InChI=1S/C15H13ClN2O/c1-10-7-11(16)8-13-15(10)19-14(18-13)9-17-12-5-3-2-4-6-12/h2-8,17H,9H2,1H3. The molecule has 96 valence electrons. The lowest BCUT2D eigenvalue weighted by atomic mass is 10.2. The molecule has 2 aromatic carbocycles. The van der Waals surface area contributed by atoms with Crippen LogP contribution in [0.25, 0.3) is 11.1 Å². The molecule has 0 fully saturated rings. The van der Waals surface area contributed by atoms with Gasteiger partial charge < -0.3 is 9.73 Å². The van der Waals surface area contributed by atoms with Crippen molar-refractivity contribution in [3.63, 3.8) is 0 Å². The second-order valence-electron chi connectivity index (χ2n) is 4.40. The van der Waals surface area contributed by atoms with E-state index < -0.39 is 0 Å². The summed E-state index contributed by atoms with van der Waals surface area (Å²) >= 11 is 6.01. The predicted octanol–water partition coefficient (Wildman–Crippen LogP) is 4.40. The number of anilines is 1. The normalized spacial score (nSPS) is 10.8. The van der Waals surface area contributed by atoms with Crippen LogP contribution < -0.4 is 5.32 Å². The van der Waals surface area contributed by atoms with Crippen molar-refractivity contribution in [3.8, 4) is 0 Å². The quantitative estimate of drug-likeness (QED) is 0.768. The first-order chi connectivity index (χ1) is 9.22. The fourth-order valence-corrected chi connectivity index (χ4v) is 2.28. The van der Waals surface area contributed by atoms with Crippen molar-refractivity contribution in [2.45, 2.75) is 13.5 Å². The molecular formula is C15H13ClN2O. The fourth-order valence-electron chi connectivity index (χ4n) is 2.01. The van der Waals surface area contributed by atoms with Gasteiger partial charge in [-0.25, -0.2) is 4.98 Å². The van der Waals surface area contributed by atoms with Crippen LogP contribution in [-0.4, -0.2) is 4.98 Å². The lowest BCUT2D eigenvalue weighted by Gasteiger charge is -2.01. The summed E-state index contributed by atoms with van der Waals surface area (Å²) in [5.74, 6) is 0.657. The topological polar surface area (TPSA) is 38.1 Å². The van der Waals surface area contributed by atoms with Crippen LogP contribution in [0.5, 0.6) is 0 Å². The lowest BCUT2D eigenvalue weighted by Crippen LogP contribution is -1.98. The number of aryl methyl sites for hydroxylation is 1. The Bertz CT molecular complexity index is 707. The van der Waals surface area contributed by atoms with Gasteiger partial charge >= 0.3 is 0 Å². The number of nitrogens with zero attached hydrogens (tertiary/aromatic N) is 1. The van der Waals surface area contributed by atoms with Crippen molar-refractivity contribution >= 4 is 28.4 Å². The van der Waals surface area contributed by atoms with Gasteiger partial charge in [0.15, 0.2) is 5.58 Å². The molecule has 3 rings (SSSR count). The second kappa shape index (κ2) is 4.94. The molecule has 0 amide bonds. The minimum atomic E-state index is 0.551. The maximum atomic E-state index is 6.01. The highest BCUT2D eigenvalue weighted by atomic mass is 35.5. The summed E-state index contributed by atoms with van der Waals surface area (Å²) in [5, 5.41) is 3.95. The van der Waals surface area contributed by atoms with Gasteiger partial charge in [-0.2, -0.15) is 0 Å². The summed E-state index contributed by atoms with van der Waals surface area (Å²) < 4.78 is 5.74. The van der Waals surface area contributed by atoms with Crippen LogP contribution in [0.2, 0.25) is 5.02 Å². The maximum Gasteiger partial charge on any atom is 0.214 e. The highest BCUT2D eigenvalue weighted by Crippen LogP contribution is 2.24. The summed E-state index contributed by atoms with van der Waals surface area (Å²) in [4.78, 5) is 4.44. The largest absolute Gasteiger partial charge is 0.438 e. The Labute approximate surface area is 116 Å². The summed E-state index contributed by atoms with van der Waals surface area (Å²) in [7, 11) is 0. The molecule has 0 unspecified atom stereocenters. The Morgan fingerprint density at radius 1 is 1.21 bits per heavy atom. The molecule has 0 atom stereocenters. The van der Waals surface area contributed by atoms with Gasteiger partial charge in [0, 0.05) is 10.7 Å². The third kappa shape index (κ3) is 2.56. The average Bonchev–Trinajstić information content (AvgIpc) is 2.81. The first kappa shape index (κ1) is 12.1. The molecule has 0 aliphatic heterocycles. The number of hydrogen-bond acceptors (Lipinski definition) is 3. The summed E-state index contributed by atoms with van der Waals surface area (Å²) in [5.41, 5.74) is 3.64. The zero-order valence-electron chi connectivity index (χ0n) is 10.5. The Balaban J connectivity index is 1.84. The Morgan fingerprint density at radius 3 is 2.79 bits per heavy atom. The van der Waals surface area contributed by atoms with Gasteiger partial charge in [0.1, 0.15) is 5.52 Å². The number of halogens is 1. The average molecular weight is 273 g/mol. The van der Waals surface area contributed by atoms with Gasteiger partial charge in [-0.15, -0.1) is 0 Å². The van der Waals surface area contributed by atoms with Crippen LogP contribution >= 0.6 is 11.6 Å². The van der Waals surface area contributed by atoms with Crippen molar-refractivity contribution in [1.82, 2.24) is 4.98 Å². The summed E-state index contributed by atoms with van der Waals surface area (Å²) in [6.07, 6.45) is 0. The predicted molar refractivity (Wildman–Crippen MR) is 77.5 cm³/mol.